The van der Waals surface area contributed by atoms with Crippen molar-refractivity contribution < 1.29 is 18.5 Å². The van der Waals surface area contributed by atoms with Crippen LogP contribution in [0.2, 0.25) is 0 Å². The highest BCUT2D eigenvalue weighted by molar-refractivity contribution is 7.99. The molecule has 4 rings (SSSR count). The molecular formula is C24H22FN5O4S. The highest BCUT2D eigenvalue weighted by Crippen LogP contribution is 2.19. The molecular weight excluding hydrogens is 473 g/mol. The Balaban J connectivity index is 1.45. The average molecular weight is 496 g/mol. The monoisotopic (exact) mass is 495 g/mol. The third-order valence-electron chi connectivity index (χ3n) is 5.02. The zero-order chi connectivity index (χ0) is 24.8. The predicted molar refractivity (Wildman–Crippen MR) is 129 cm³/mol. The molecule has 0 aliphatic heterocycles. The molecule has 4 aromatic rings. The number of aromatic nitrogens is 3. The summed E-state index contributed by atoms with van der Waals surface area (Å²) < 4.78 is 19.4. The van der Waals surface area contributed by atoms with Gasteiger partial charge in [0, 0.05) is 25.6 Å². The van der Waals surface area contributed by atoms with Crippen molar-refractivity contribution in [3.8, 4) is 0 Å². The molecule has 11 heteroatoms. The van der Waals surface area contributed by atoms with E-state index in [-0.39, 0.29) is 48.5 Å². The Morgan fingerprint density at radius 1 is 1.11 bits per heavy atom. The van der Waals surface area contributed by atoms with E-state index in [1.807, 2.05) is 0 Å². The molecule has 0 bridgehead atoms. The van der Waals surface area contributed by atoms with Crippen molar-refractivity contribution in [2.45, 2.75) is 31.6 Å². The number of amides is 2. The summed E-state index contributed by atoms with van der Waals surface area (Å²) in [5.41, 5.74) is 0.968. The molecule has 0 radical (unpaired) electrons. The maximum Gasteiger partial charge on any atom is 0.262 e. The molecule has 180 valence electrons. The van der Waals surface area contributed by atoms with Crippen LogP contribution in [-0.4, -0.2) is 32.3 Å². The Bertz CT molecular complexity index is 1420. The molecule has 2 aromatic carbocycles. The molecule has 9 nitrogen and oxygen atoms in total. The normalized spacial score (nSPS) is 10.9. The van der Waals surface area contributed by atoms with Crippen molar-refractivity contribution in [2.24, 2.45) is 0 Å². The molecule has 0 saturated heterocycles. The van der Waals surface area contributed by atoms with Gasteiger partial charge in [0.05, 0.1) is 16.7 Å². The van der Waals surface area contributed by atoms with Crippen LogP contribution < -0.4 is 16.2 Å². The summed E-state index contributed by atoms with van der Waals surface area (Å²) in [7, 11) is 0. The summed E-state index contributed by atoms with van der Waals surface area (Å²) in [5, 5.41) is 9.86. The Labute approximate surface area is 203 Å². The van der Waals surface area contributed by atoms with Crippen LogP contribution in [0.3, 0.4) is 0 Å². The van der Waals surface area contributed by atoms with Crippen molar-refractivity contribution in [1.29, 1.82) is 0 Å². The SMILES string of the molecule is Cc1cc(NC(=O)CSc2nc3ccccc3c(=O)n2CCC(=O)NCc2ccc(F)cc2)no1. The van der Waals surface area contributed by atoms with Gasteiger partial charge in [-0.2, -0.15) is 0 Å². The summed E-state index contributed by atoms with van der Waals surface area (Å²) in [5.74, 6) is -0.115. The number of benzene rings is 2. The van der Waals surface area contributed by atoms with E-state index in [9.17, 15) is 18.8 Å². The molecule has 0 aliphatic rings. The molecule has 2 heterocycles. The predicted octanol–water partition coefficient (Wildman–Crippen LogP) is 3.27. The molecule has 0 spiro atoms. The van der Waals surface area contributed by atoms with Crippen LogP contribution in [0, 0.1) is 12.7 Å². The maximum absolute atomic E-state index is 13.1. The van der Waals surface area contributed by atoms with E-state index in [0.29, 0.717) is 27.6 Å². The second kappa shape index (κ2) is 11.0. The van der Waals surface area contributed by atoms with Gasteiger partial charge >= 0.3 is 0 Å². The van der Waals surface area contributed by atoms with Gasteiger partial charge in [-0.15, -0.1) is 0 Å². The Morgan fingerprint density at radius 3 is 2.63 bits per heavy atom. The zero-order valence-corrected chi connectivity index (χ0v) is 19.6. The lowest BCUT2D eigenvalue weighted by atomic mass is 10.2. The van der Waals surface area contributed by atoms with Crippen LogP contribution in [0.5, 0.6) is 0 Å². The number of nitrogens with one attached hydrogen (secondary N) is 2. The largest absolute Gasteiger partial charge is 0.360 e. The lowest BCUT2D eigenvalue weighted by Gasteiger charge is -2.13. The van der Waals surface area contributed by atoms with Crippen molar-refractivity contribution in [3.63, 3.8) is 0 Å². The number of nitrogens with zero attached hydrogens (tertiary/aromatic N) is 3. The van der Waals surface area contributed by atoms with Gasteiger partial charge in [-0.3, -0.25) is 19.0 Å². The fourth-order valence-electron chi connectivity index (χ4n) is 3.29. The second-order valence-electron chi connectivity index (χ2n) is 7.68. The number of hydrogen-bond donors (Lipinski definition) is 2. The van der Waals surface area contributed by atoms with E-state index in [4.69, 9.17) is 4.52 Å². The number of para-hydroxylation sites is 1. The van der Waals surface area contributed by atoms with E-state index >= 15 is 0 Å². The molecule has 0 unspecified atom stereocenters. The number of carbonyl (C=O) groups excluding carboxylic acids is 2. The average Bonchev–Trinajstić information content (AvgIpc) is 3.26. The third kappa shape index (κ3) is 6.33. The van der Waals surface area contributed by atoms with Crippen LogP contribution in [0.4, 0.5) is 10.2 Å². The van der Waals surface area contributed by atoms with Gasteiger partial charge in [0.25, 0.3) is 5.56 Å². The maximum atomic E-state index is 13.1. The fraction of sp³-hybridized carbons (Fsp3) is 0.208. The molecule has 2 amide bonds. The molecule has 35 heavy (non-hydrogen) atoms. The Morgan fingerprint density at radius 2 is 1.89 bits per heavy atom. The van der Waals surface area contributed by atoms with Crippen LogP contribution >= 0.6 is 11.8 Å². The van der Waals surface area contributed by atoms with E-state index in [1.54, 1.807) is 49.4 Å². The van der Waals surface area contributed by atoms with E-state index in [2.05, 4.69) is 20.8 Å². The first-order valence-electron chi connectivity index (χ1n) is 10.8. The summed E-state index contributed by atoms with van der Waals surface area (Å²) in [6.07, 6.45) is 0.0269. The van der Waals surface area contributed by atoms with E-state index < -0.39 is 0 Å². The first-order valence-corrected chi connectivity index (χ1v) is 11.7. The Hall–Kier alpha value is -3.99. The zero-order valence-electron chi connectivity index (χ0n) is 18.8. The number of fused-ring (bicyclic) bond motifs is 1. The second-order valence-corrected chi connectivity index (χ2v) is 8.62. The van der Waals surface area contributed by atoms with Crippen LogP contribution in [0.25, 0.3) is 10.9 Å². The number of anilines is 1. The number of halogens is 1. The lowest BCUT2D eigenvalue weighted by Crippen LogP contribution is -2.29. The van der Waals surface area contributed by atoms with Crippen molar-refractivity contribution in [1.82, 2.24) is 20.0 Å². The number of hydrogen-bond acceptors (Lipinski definition) is 7. The first kappa shape index (κ1) is 24.1. The summed E-state index contributed by atoms with van der Waals surface area (Å²) in [6, 6.07) is 14.3. The number of aryl methyl sites for hydroxylation is 1. The molecule has 0 aliphatic carbocycles. The molecule has 2 aromatic heterocycles. The third-order valence-corrected chi connectivity index (χ3v) is 6.00. The minimum atomic E-state index is -0.349. The number of carbonyl (C=O) groups is 2. The minimum Gasteiger partial charge on any atom is -0.360 e. The van der Waals surface area contributed by atoms with Crippen LogP contribution in [0.15, 0.2) is 69.1 Å². The summed E-state index contributed by atoms with van der Waals surface area (Å²) in [4.78, 5) is 42.4. The number of rotatable bonds is 9. The van der Waals surface area contributed by atoms with Crippen molar-refractivity contribution in [3.05, 3.63) is 82.1 Å². The topological polar surface area (TPSA) is 119 Å². The van der Waals surface area contributed by atoms with Crippen molar-refractivity contribution in [2.75, 3.05) is 11.1 Å². The summed E-state index contributed by atoms with van der Waals surface area (Å²) in [6.45, 7) is 2.04. The minimum absolute atomic E-state index is 0.0204. The molecule has 2 N–H and O–H groups in total. The van der Waals surface area contributed by atoms with Gasteiger partial charge < -0.3 is 15.2 Å². The van der Waals surface area contributed by atoms with Gasteiger partial charge in [0.15, 0.2) is 11.0 Å². The Kier molecular flexibility index (Phi) is 7.56. The standard InChI is InChI=1S/C24H22FN5O4S/c1-15-12-20(29-34-15)28-22(32)14-35-24-27-19-5-3-2-4-18(19)23(33)30(24)11-10-21(31)26-13-16-6-8-17(25)9-7-16/h2-9,12H,10-11,13-14H2,1H3,(H,26,31)(H,28,29,32). The van der Waals surface area contributed by atoms with Gasteiger partial charge in [-0.05, 0) is 36.8 Å². The van der Waals surface area contributed by atoms with Gasteiger partial charge in [-0.25, -0.2) is 9.37 Å². The highest BCUT2D eigenvalue weighted by atomic mass is 32.2. The first-order chi connectivity index (χ1) is 16.9. The lowest BCUT2D eigenvalue weighted by molar-refractivity contribution is -0.121. The quantitative estimate of drug-likeness (QED) is 0.270. The fourth-order valence-corrected chi connectivity index (χ4v) is 4.12. The molecule has 0 saturated carbocycles. The molecule has 0 fully saturated rings. The smallest absolute Gasteiger partial charge is 0.262 e. The van der Waals surface area contributed by atoms with Crippen LogP contribution in [-0.2, 0) is 22.7 Å². The van der Waals surface area contributed by atoms with Gasteiger partial charge in [0.1, 0.15) is 11.6 Å². The molecule has 0 atom stereocenters. The van der Waals surface area contributed by atoms with E-state index in [1.165, 1.54) is 16.7 Å². The number of thioether (sulfide) groups is 1. The highest BCUT2D eigenvalue weighted by Gasteiger charge is 2.15. The summed E-state index contributed by atoms with van der Waals surface area (Å²) >= 11 is 1.09. The van der Waals surface area contributed by atoms with E-state index in [0.717, 1.165) is 17.3 Å². The van der Waals surface area contributed by atoms with Crippen LogP contribution in [0.1, 0.15) is 17.7 Å². The van der Waals surface area contributed by atoms with Crippen molar-refractivity contribution >= 4 is 40.3 Å². The van der Waals surface area contributed by atoms with Gasteiger partial charge in [0.2, 0.25) is 11.8 Å². The van der Waals surface area contributed by atoms with Gasteiger partial charge in [-0.1, -0.05) is 41.2 Å².